The SMILES string of the molecule is Cc1c(O[C@@H](C)CO[C@H]2CCN(C3CCN(c4ncc(C(F)(F)F)cn4)CC3O)C2=O)cn[nH]c1=O. The van der Waals surface area contributed by atoms with Crippen molar-refractivity contribution >= 4 is 11.9 Å². The molecule has 2 aromatic rings. The van der Waals surface area contributed by atoms with E-state index in [-0.39, 0.29) is 30.6 Å². The number of nitrogens with zero attached hydrogens (tertiary/aromatic N) is 5. The molecular weight excluding hydrogens is 485 g/mol. The maximum atomic E-state index is 13.0. The number of carbonyl (C=O) groups excluding carboxylic acids is 1. The van der Waals surface area contributed by atoms with E-state index in [2.05, 4.69) is 20.2 Å². The summed E-state index contributed by atoms with van der Waals surface area (Å²) < 4.78 is 49.7. The van der Waals surface area contributed by atoms with Gasteiger partial charge in [-0.3, -0.25) is 9.59 Å². The number of aromatic amines is 1. The Hall–Kier alpha value is -3.26. The number of halogens is 3. The van der Waals surface area contributed by atoms with Gasteiger partial charge in [0.05, 0.1) is 36.1 Å². The van der Waals surface area contributed by atoms with Crippen LogP contribution in [0.15, 0.2) is 23.4 Å². The number of alkyl halides is 3. The van der Waals surface area contributed by atoms with Crippen LogP contribution in [0.5, 0.6) is 5.75 Å². The maximum Gasteiger partial charge on any atom is 0.419 e. The number of aliphatic hydroxyl groups is 1. The Bertz CT molecular complexity index is 1130. The summed E-state index contributed by atoms with van der Waals surface area (Å²) in [6.45, 7) is 4.34. The first-order valence-corrected chi connectivity index (χ1v) is 11.5. The van der Waals surface area contributed by atoms with Crippen LogP contribution in [0.2, 0.25) is 0 Å². The number of ether oxygens (including phenoxy) is 2. The number of carbonyl (C=O) groups is 1. The first kappa shape index (κ1) is 25.8. The van der Waals surface area contributed by atoms with Gasteiger partial charge in [0.1, 0.15) is 18.0 Å². The number of amides is 1. The molecule has 2 aliphatic heterocycles. The summed E-state index contributed by atoms with van der Waals surface area (Å²) in [6, 6.07) is -0.449. The van der Waals surface area contributed by atoms with E-state index in [1.165, 1.54) is 6.20 Å². The smallest absolute Gasteiger partial charge is 0.419 e. The minimum absolute atomic E-state index is 0.0831. The Kier molecular flexibility index (Phi) is 7.45. The number of aliphatic hydroxyl groups excluding tert-OH is 1. The second kappa shape index (κ2) is 10.4. The second-order valence-corrected chi connectivity index (χ2v) is 8.90. The molecular formula is C22H27F3N6O5. The molecule has 36 heavy (non-hydrogen) atoms. The maximum absolute atomic E-state index is 13.0. The molecule has 2 N–H and O–H groups in total. The third kappa shape index (κ3) is 5.59. The van der Waals surface area contributed by atoms with Crippen molar-refractivity contribution in [1.82, 2.24) is 25.1 Å². The number of β-amino-alcohol motifs (C(OH)–C–C–N with tert-alkyl or cyclic N) is 1. The molecule has 0 radical (unpaired) electrons. The monoisotopic (exact) mass is 512 g/mol. The predicted molar refractivity (Wildman–Crippen MR) is 119 cm³/mol. The summed E-state index contributed by atoms with van der Waals surface area (Å²) in [6.07, 6.45) is -2.90. The Labute approximate surface area is 204 Å². The standard InChI is InChI=1S/C22H27F3N6O5/c1-12(36-18-9-28-29-19(33)13(18)2)11-35-17-4-6-31(20(17)34)15-3-5-30(10-16(15)32)21-26-7-14(8-27-21)22(23,24)25/h7-9,12,15-17,32H,3-6,10-11H2,1-2H3,(H,29,33)/t12-,15?,16?,17-/m0/s1. The zero-order chi connectivity index (χ0) is 26.0. The van der Waals surface area contributed by atoms with Crippen molar-refractivity contribution in [2.45, 2.75) is 57.2 Å². The van der Waals surface area contributed by atoms with Crippen molar-refractivity contribution in [3.8, 4) is 5.75 Å². The van der Waals surface area contributed by atoms with Crippen LogP contribution in [0.3, 0.4) is 0 Å². The van der Waals surface area contributed by atoms with Crippen LogP contribution in [-0.2, 0) is 15.7 Å². The Balaban J connectivity index is 1.28. The highest BCUT2D eigenvalue weighted by molar-refractivity contribution is 5.83. The van der Waals surface area contributed by atoms with Gasteiger partial charge in [-0.2, -0.15) is 18.3 Å². The number of piperidine rings is 1. The summed E-state index contributed by atoms with van der Waals surface area (Å²) in [4.78, 5) is 35.4. The number of hydrogen-bond donors (Lipinski definition) is 2. The van der Waals surface area contributed by atoms with E-state index >= 15 is 0 Å². The Morgan fingerprint density at radius 1 is 1.19 bits per heavy atom. The van der Waals surface area contributed by atoms with Gasteiger partial charge in [-0.05, 0) is 20.3 Å². The fourth-order valence-corrected chi connectivity index (χ4v) is 4.32. The molecule has 0 aliphatic carbocycles. The summed E-state index contributed by atoms with van der Waals surface area (Å²) in [5.41, 5.74) is -0.905. The van der Waals surface area contributed by atoms with E-state index in [0.717, 1.165) is 0 Å². The third-order valence-electron chi connectivity index (χ3n) is 6.30. The molecule has 2 fully saturated rings. The number of nitrogens with one attached hydrogen (secondary N) is 1. The molecule has 4 atom stereocenters. The van der Waals surface area contributed by atoms with E-state index in [1.807, 2.05) is 0 Å². The number of aromatic nitrogens is 4. The highest BCUT2D eigenvalue weighted by Crippen LogP contribution is 2.30. The minimum Gasteiger partial charge on any atom is -0.486 e. The van der Waals surface area contributed by atoms with Gasteiger partial charge in [-0.1, -0.05) is 0 Å². The molecule has 1 amide bonds. The lowest BCUT2D eigenvalue weighted by Gasteiger charge is -2.40. The first-order chi connectivity index (χ1) is 17.0. The Morgan fingerprint density at radius 2 is 1.92 bits per heavy atom. The predicted octanol–water partition coefficient (Wildman–Crippen LogP) is 0.912. The molecule has 4 rings (SSSR count). The number of anilines is 1. The third-order valence-corrected chi connectivity index (χ3v) is 6.30. The average Bonchev–Trinajstić information content (AvgIpc) is 3.20. The van der Waals surface area contributed by atoms with Crippen molar-refractivity contribution in [2.75, 3.05) is 31.1 Å². The molecule has 11 nitrogen and oxygen atoms in total. The quantitative estimate of drug-likeness (QED) is 0.555. The van der Waals surface area contributed by atoms with E-state index in [4.69, 9.17) is 9.47 Å². The number of H-pyrrole nitrogens is 1. The van der Waals surface area contributed by atoms with E-state index in [0.29, 0.717) is 49.6 Å². The van der Waals surface area contributed by atoms with Crippen molar-refractivity contribution in [3.63, 3.8) is 0 Å². The van der Waals surface area contributed by atoms with Crippen LogP contribution >= 0.6 is 0 Å². The van der Waals surface area contributed by atoms with Gasteiger partial charge < -0.3 is 24.4 Å². The van der Waals surface area contributed by atoms with Gasteiger partial charge in [0.2, 0.25) is 5.95 Å². The fraction of sp³-hybridized carbons (Fsp3) is 0.591. The lowest BCUT2D eigenvalue weighted by Crippen LogP contribution is -2.55. The average molecular weight is 512 g/mol. The van der Waals surface area contributed by atoms with Gasteiger partial charge in [-0.15, -0.1) is 0 Å². The highest BCUT2D eigenvalue weighted by Gasteiger charge is 2.42. The first-order valence-electron chi connectivity index (χ1n) is 11.5. The molecule has 0 aromatic carbocycles. The van der Waals surface area contributed by atoms with Crippen molar-refractivity contribution in [2.24, 2.45) is 0 Å². The van der Waals surface area contributed by atoms with Crippen LogP contribution in [0.25, 0.3) is 0 Å². The van der Waals surface area contributed by atoms with Gasteiger partial charge >= 0.3 is 6.18 Å². The normalized spacial score (nSPS) is 23.7. The van der Waals surface area contributed by atoms with E-state index < -0.39 is 36.1 Å². The summed E-state index contributed by atoms with van der Waals surface area (Å²) in [7, 11) is 0. The zero-order valence-electron chi connectivity index (χ0n) is 19.7. The lowest BCUT2D eigenvalue weighted by molar-refractivity contribution is -0.142. The highest BCUT2D eigenvalue weighted by atomic mass is 19.4. The molecule has 0 bridgehead atoms. The van der Waals surface area contributed by atoms with Gasteiger partial charge in [0, 0.05) is 38.4 Å². The lowest BCUT2D eigenvalue weighted by atomic mass is 10.0. The molecule has 2 saturated heterocycles. The molecule has 0 saturated carbocycles. The van der Waals surface area contributed by atoms with Crippen LogP contribution in [0, 0.1) is 6.92 Å². The topological polar surface area (TPSA) is 134 Å². The van der Waals surface area contributed by atoms with Crippen molar-refractivity contribution in [1.29, 1.82) is 0 Å². The fourth-order valence-electron chi connectivity index (χ4n) is 4.32. The van der Waals surface area contributed by atoms with E-state index in [1.54, 1.807) is 23.6 Å². The molecule has 0 spiro atoms. The second-order valence-electron chi connectivity index (χ2n) is 8.90. The molecule has 4 heterocycles. The van der Waals surface area contributed by atoms with Crippen molar-refractivity contribution < 1.29 is 32.5 Å². The number of likely N-dealkylation sites (tertiary alicyclic amines) is 1. The van der Waals surface area contributed by atoms with E-state index in [9.17, 15) is 27.9 Å². The van der Waals surface area contributed by atoms with Gasteiger partial charge in [0.25, 0.3) is 11.5 Å². The molecule has 2 aromatic heterocycles. The number of hydrogen-bond acceptors (Lipinski definition) is 9. The van der Waals surface area contributed by atoms with Gasteiger partial charge in [-0.25, -0.2) is 15.1 Å². The summed E-state index contributed by atoms with van der Waals surface area (Å²) >= 11 is 0. The zero-order valence-corrected chi connectivity index (χ0v) is 19.7. The van der Waals surface area contributed by atoms with Crippen molar-refractivity contribution in [3.05, 3.63) is 40.1 Å². The molecule has 2 aliphatic rings. The molecule has 196 valence electrons. The minimum atomic E-state index is -4.53. The van der Waals surface area contributed by atoms with Crippen LogP contribution in [0.4, 0.5) is 19.1 Å². The molecule has 2 unspecified atom stereocenters. The number of rotatable bonds is 7. The van der Waals surface area contributed by atoms with Crippen LogP contribution < -0.4 is 15.2 Å². The van der Waals surface area contributed by atoms with Crippen LogP contribution in [0.1, 0.15) is 30.9 Å². The van der Waals surface area contributed by atoms with Gasteiger partial charge in [0.15, 0.2) is 0 Å². The largest absolute Gasteiger partial charge is 0.486 e. The van der Waals surface area contributed by atoms with Crippen LogP contribution in [-0.4, -0.2) is 86.7 Å². The Morgan fingerprint density at radius 3 is 2.58 bits per heavy atom. The molecule has 14 heteroatoms. The summed E-state index contributed by atoms with van der Waals surface area (Å²) in [5.74, 6) is 0.190. The summed E-state index contributed by atoms with van der Waals surface area (Å²) in [5, 5.41) is 16.7.